The Morgan fingerprint density at radius 1 is 1.39 bits per heavy atom. The zero-order chi connectivity index (χ0) is 12.8. The SMILES string of the molecule is Cc1cc(=O)c(CNCCCN2CCCC2)c[nH]1. The first-order valence-electron chi connectivity index (χ1n) is 6.87. The maximum atomic E-state index is 11.6. The van der Waals surface area contributed by atoms with Crippen molar-refractivity contribution in [2.45, 2.75) is 32.7 Å². The van der Waals surface area contributed by atoms with Crippen molar-refractivity contribution < 1.29 is 0 Å². The normalized spacial score (nSPS) is 16.3. The van der Waals surface area contributed by atoms with Gasteiger partial charge in [0.1, 0.15) is 0 Å². The van der Waals surface area contributed by atoms with E-state index in [0.717, 1.165) is 24.2 Å². The maximum absolute atomic E-state index is 11.6. The second-order valence-corrected chi connectivity index (χ2v) is 5.08. The highest BCUT2D eigenvalue weighted by molar-refractivity contribution is 5.13. The molecule has 2 N–H and O–H groups in total. The summed E-state index contributed by atoms with van der Waals surface area (Å²) in [7, 11) is 0. The second kappa shape index (κ2) is 6.71. The van der Waals surface area contributed by atoms with Gasteiger partial charge in [0.2, 0.25) is 0 Å². The zero-order valence-electron chi connectivity index (χ0n) is 11.2. The minimum absolute atomic E-state index is 0.123. The van der Waals surface area contributed by atoms with Crippen LogP contribution in [0.3, 0.4) is 0 Å². The molecule has 0 unspecified atom stereocenters. The van der Waals surface area contributed by atoms with Crippen LogP contribution in [0.2, 0.25) is 0 Å². The van der Waals surface area contributed by atoms with Gasteiger partial charge in [0.25, 0.3) is 0 Å². The highest BCUT2D eigenvalue weighted by Crippen LogP contribution is 2.06. The van der Waals surface area contributed by atoms with Crippen LogP contribution in [0.1, 0.15) is 30.5 Å². The van der Waals surface area contributed by atoms with Crippen LogP contribution in [0.25, 0.3) is 0 Å². The molecule has 2 heterocycles. The molecule has 1 aliphatic rings. The van der Waals surface area contributed by atoms with Crippen molar-refractivity contribution >= 4 is 0 Å². The summed E-state index contributed by atoms with van der Waals surface area (Å²) in [6, 6.07) is 1.65. The van der Waals surface area contributed by atoms with Crippen LogP contribution in [0.15, 0.2) is 17.1 Å². The molecule has 1 fully saturated rings. The van der Waals surface area contributed by atoms with E-state index in [1.165, 1.54) is 32.5 Å². The Bertz CT molecular complexity index is 421. The fourth-order valence-electron chi connectivity index (χ4n) is 2.40. The van der Waals surface area contributed by atoms with Crippen molar-refractivity contribution in [2.24, 2.45) is 0 Å². The van der Waals surface area contributed by atoms with Gasteiger partial charge in [-0.1, -0.05) is 0 Å². The molecule has 0 saturated carbocycles. The lowest BCUT2D eigenvalue weighted by Gasteiger charge is -2.14. The van der Waals surface area contributed by atoms with Crippen molar-refractivity contribution in [3.05, 3.63) is 33.7 Å². The van der Waals surface area contributed by atoms with Gasteiger partial charge < -0.3 is 15.2 Å². The molecule has 2 rings (SSSR count). The number of aromatic nitrogens is 1. The Labute approximate surface area is 108 Å². The van der Waals surface area contributed by atoms with Crippen molar-refractivity contribution in [2.75, 3.05) is 26.2 Å². The average molecular weight is 249 g/mol. The van der Waals surface area contributed by atoms with E-state index in [1.807, 2.05) is 13.1 Å². The predicted octanol–water partition coefficient (Wildman–Crippen LogP) is 1.26. The molecule has 1 aromatic rings. The number of nitrogens with zero attached hydrogens (tertiary/aromatic N) is 1. The number of hydrogen-bond acceptors (Lipinski definition) is 3. The van der Waals surface area contributed by atoms with Crippen LogP contribution < -0.4 is 10.7 Å². The van der Waals surface area contributed by atoms with Gasteiger partial charge >= 0.3 is 0 Å². The largest absolute Gasteiger partial charge is 0.365 e. The van der Waals surface area contributed by atoms with Crippen molar-refractivity contribution in [1.82, 2.24) is 15.2 Å². The van der Waals surface area contributed by atoms with E-state index in [1.54, 1.807) is 6.07 Å². The van der Waals surface area contributed by atoms with Gasteiger partial charge in [0.15, 0.2) is 5.43 Å². The van der Waals surface area contributed by atoms with Crippen LogP contribution in [0.4, 0.5) is 0 Å². The van der Waals surface area contributed by atoms with Crippen LogP contribution in [0.5, 0.6) is 0 Å². The minimum atomic E-state index is 0.123. The third-order valence-electron chi connectivity index (χ3n) is 3.48. The molecule has 4 heteroatoms. The number of nitrogens with one attached hydrogen (secondary N) is 2. The van der Waals surface area contributed by atoms with E-state index in [2.05, 4.69) is 15.2 Å². The summed E-state index contributed by atoms with van der Waals surface area (Å²) in [6.07, 6.45) is 5.67. The first kappa shape index (κ1) is 13.3. The molecule has 0 radical (unpaired) electrons. The first-order valence-corrected chi connectivity index (χ1v) is 6.87. The molecule has 0 atom stereocenters. The molecule has 1 aromatic heterocycles. The number of aromatic amines is 1. The first-order chi connectivity index (χ1) is 8.75. The van der Waals surface area contributed by atoms with Crippen LogP contribution in [0, 0.1) is 6.92 Å². The molecule has 1 saturated heterocycles. The quantitative estimate of drug-likeness (QED) is 0.746. The van der Waals surface area contributed by atoms with Gasteiger partial charge in [0.05, 0.1) is 0 Å². The molecule has 0 amide bonds. The lowest BCUT2D eigenvalue weighted by atomic mass is 10.2. The Balaban J connectivity index is 1.64. The summed E-state index contributed by atoms with van der Waals surface area (Å²) in [5, 5.41) is 3.34. The number of hydrogen-bond donors (Lipinski definition) is 2. The third kappa shape index (κ3) is 3.96. The Morgan fingerprint density at radius 2 is 2.17 bits per heavy atom. The summed E-state index contributed by atoms with van der Waals surface area (Å²) in [5.41, 5.74) is 1.86. The topological polar surface area (TPSA) is 48.1 Å². The van der Waals surface area contributed by atoms with Gasteiger partial charge in [0, 0.05) is 30.1 Å². The molecule has 0 bridgehead atoms. The van der Waals surface area contributed by atoms with E-state index >= 15 is 0 Å². The Hall–Kier alpha value is -1.13. The fraction of sp³-hybridized carbons (Fsp3) is 0.643. The summed E-state index contributed by atoms with van der Waals surface area (Å²) in [5.74, 6) is 0. The molecule has 0 aliphatic carbocycles. The lowest BCUT2D eigenvalue weighted by molar-refractivity contribution is 0.331. The average Bonchev–Trinajstić information content (AvgIpc) is 2.84. The van der Waals surface area contributed by atoms with E-state index in [9.17, 15) is 4.79 Å². The number of likely N-dealkylation sites (tertiary alicyclic amines) is 1. The van der Waals surface area contributed by atoms with E-state index < -0.39 is 0 Å². The summed E-state index contributed by atoms with van der Waals surface area (Å²) >= 11 is 0. The molecule has 100 valence electrons. The van der Waals surface area contributed by atoms with Gasteiger partial charge in [-0.2, -0.15) is 0 Å². The smallest absolute Gasteiger partial charge is 0.186 e. The van der Waals surface area contributed by atoms with E-state index in [-0.39, 0.29) is 5.43 Å². The van der Waals surface area contributed by atoms with Gasteiger partial charge in [-0.05, 0) is 52.4 Å². The van der Waals surface area contributed by atoms with Crippen molar-refractivity contribution in [1.29, 1.82) is 0 Å². The van der Waals surface area contributed by atoms with E-state index in [4.69, 9.17) is 0 Å². The molecule has 1 aliphatic heterocycles. The zero-order valence-corrected chi connectivity index (χ0v) is 11.2. The van der Waals surface area contributed by atoms with Gasteiger partial charge in [-0.15, -0.1) is 0 Å². The molecule has 18 heavy (non-hydrogen) atoms. The monoisotopic (exact) mass is 249 g/mol. The fourth-order valence-corrected chi connectivity index (χ4v) is 2.40. The van der Waals surface area contributed by atoms with Crippen molar-refractivity contribution in [3.8, 4) is 0 Å². The summed E-state index contributed by atoms with van der Waals surface area (Å²) in [4.78, 5) is 17.2. The molecule has 0 spiro atoms. The highest BCUT2D eigenvalue weighted by Gasteiger charge is 2.09. The molecule has 4 nitrogen and oxygen atoms in total. The minimum Gasteiger partial charge on any atom is -0.365 e. The lowest BCUT2D eigenvalue weighted by Crippen LogP contribution is -2.26. The molecule has 0 aromatic carbocycles. The number of H-pyrrole nitrogens is 1. The second-order valence-electron chi connectivity index (χ2n) is 5.08. The van der Waals surface area contributed by atoms with Gasteiger partial charge in [-0.25, -0.2) is 0 Å². The van der Waals surface area contributed by atoms with E-state index in [0.29, 0.717) is 6.54 Å². The Morgan fingerprint density at radius 3 is 2.89 bits per heavy atom. The summed E-state index contributed by atoms with van der Waals surface area (Å²) in [6.45, 7) is 7.24. The number of aryl methyl sites for hydroxylation is 1. The van der Waals surface area contributed by atoms with Crippen LogP contribution in [-0.4, -0.2) is 36.1 Å². The number of rotatable bonds is 6. The Kier molecular flexibility index (Phi) is 4.96. The van der Waals surface area contributed by atoms with Crippen molar-refractivity contribution in [3.63, 3.8) is 0 Å². The standard InChI is InChI=1S/C14H23N3O/c1-12-9-14(18)13(11-16-12)10-15-5-4-8-17-6-2-3-7-17/h9,11,15H,2-8,10H2,1H3,(H,16,18). The number of pyridine rings is 1. The third-order valence-corrected chi connectivity index (χ3v) is 3.48. The molecular weight excluding hydrogens is 226 g/mol. The van der Waals surface area contributed by atoms with Crippen LogP contribution >= 0.6 is 0 Å². The highest BCUT2D eigenvalue weighted by atomic mass is 16.1. The predicted molar refractivity (Wildman–Crippen MR) is 73.8 cm³/mol. The maximum Gasteiger partial charge on any atom is 0.186 e. The van der Waals surface area contributed by atoms with Gasteiger partial charge in [-0.3, -0.25) is 4.79 Å². The van der Waals surface area contributed by atoms with Crippen LogP contribution in [-0.2, 0) is 6.54 Å². The molecular formula is C14H23N3O. The summed E-state index contributed by atoms with van der Waals surface area (Å²) < 4.78 is 0.